The van der Waals surface area contributed by atoms with E-state index in [1.54, 1.807) is 21.7 Å². The zero-order chi connectivity index (χ0) is 20.5. The maximum absolute atomic E-state index is 14.0. The third-order valence-corrected chi connectivity index (χ3v) is 5.49. The van der Waals surface area contributed by atoms with Gasteiger partial charge in [0, 0.05) is 31.4 Å². The minimum absolute atomic E-state index is 0.0143. The molecule has 152 valence electrons. The molecule has 1 N–H and O–H groups in total. The van der Waals surface area contributed by atoms with Crippen molar-refractivity contribution in [3.63, 3.8) is 0 Å². The summed E-state index contributed by atoms with van der Waals surface area (Å²) in [6.07, 6.45) is 4.94. The normalized spacial score (nSPS) is 14.1. The highest BCUT2D eigenvalue weighted by Gasteiger charge is 2.21. The lowest BCUT2D eigenvalue weighted by molar-refractivity contribution is -0.130. The summed E-state index contributed by atoms with van der Waals surface area (Å²) >= 11 is 5.78. The monoisotopic (exact) mass is 418 g/mol. The number of hydrogen-bond donors (Lipinski definition) is 1. The number of carbonyl (C=O) groups excluding carboxylic acids is 1. The Balaban J connectivity index is 1.83. The van der Waals surface area contributed by atoms with Crippen LogP contribution in [0.15, 0.2) is 35.5 Å². The molecule has 9 heteroatoms. The van der Waals surface area contributed by atoms with Crippen molar-refractivity contribution in [2.75, 3.05) is 19.7 Å². The Morgan fingerprint density at radius 1 is 1.24 bits per heavy atom. The Labute approximate surface area is 170 Å². The van der Waals surface area contributed by atoms with Gasteiger partial charge in [-0.15, -0.1) is 0 Å². The van der Waals surface area contributed by atoms with E-state index in [0.717, 1.165) is 12.8 Å². The Kier molecular flexibility index (Phi) is 5.38. The molecular weight excluding hydrogens is 399 g/mol. The van der Waals surface area contributed by atoms with Crippen LogP contribution in [0.4, 0.5) is 4.39 Å². The van der Waals surface area contributed by atoms with Crippen molar-refractivity contribution in [1.29, 1.82) is 0 Å². The first-order chi connectivity index (χ1) is 14.0. The smallest absolute Gasteiger partial charge is 0.263 e. The van der Waals surface area contributed by atoms with Gasteiger partial charge in [-0.2, -0.15) is 0 Å². The van der Waals surface area contributed by atoms with Gasteiger partial charge >= 0.3 is 0 Å². The Morgan fingerprint density at radius 3 is 2.69 bits per heavy atom. The molecule has 0 atom stereocenters. The molecule has 2 aromatic heterocycles. The highest BCUT2D eigenvalue weighted by atomic mass is 35.5. The van der Waals surface area contributed by atoms with Gasteiger partial charge in [0.15, 0.2) is 0 Å². The second-order valence-electron chi connectivity index (χ2n) is 7.05. The number of amides is 1. The van der Waals surface area contributed by atoms with Crippen LogP contribution in [0.1, 0.15) is 12.8 Å². The van der Waals surface area contributed by atoms with E-state index in [9.17, 15) is 19.1 Å². The topological polar surface area (TPSA) is 80.4 Å². The number of fused-ring (bicyclic) bond motifs is 1. The zero-order valence-electron chi connectivity index (χ0n) is 15.6. The van der Waals surface area contributed by atoms with Crippen molar-refractivity contribution < 1.29 is 14.3 Å². The molecule has 1 aliphatic rings. The van der Waals surface area contributed by atoms with Crippen LogP contribution in [0.25, 0.3) is 22.2 Å². The molecule has 0 saturated carbocycles. The SMILES string of the molecule is O=C(Cn1cnc2c(c(-c3ccc(Cl)c(F)c3)cn2CCO)c1=O)N1CCCC1. The number of hydrogen-bond acceptors (Lipinski definition) is 4. The van der Waals surface area contributed by atoms with Crippen LogP contribution in [-0.2, 0) is 17.9 Å². The van der Waals surface area contributed by atoms with Crippen LogP contribution < -0.4 is 5.56 Å². The molecule has 29 heavy (non-hydrogen) atoms. The van der Waals surface area contributed by atoms with Crippen molar-refractivity contribution in [3.8, 4) is 11.1 Å². The summed E-state index contributed by atoms with van der Waals surface area (Å²) in [7, 11) is 0. The summed E-state index contributed by atoms with van der Waals surface area (Å²) in [5.74, 6) is -0.722. The number of rotatable bonds is 5. The standard InChI is InChI=1S/C20H20ClFN4O3/c21-15-4-3-13(9-16(15)22)14-10-25(7-8-27)19-18(14)20(29)26(12-23-19)11-17(28)24-5-1-2-6-24/h3-4,9-10,12,27H,1-2,5-8,11H2. The number of halogens is 2. The Morgan fingerprint density at radius 2 is 2.00 bits per heavy atom. The van der Waals surface area contributed by atoms with E-state index in [1.165, 1.54) is 23.0 Å². The molecule has 0 bridgehead atoms. The van der Waals surface area contributed by atoms with Crippen molar-refractivity contribution in [2.24, 2.45) is 0 Å². The summed E-state index contributed by atoms with van der Waals surface area (Å²) in [6, 6.07) is 4.30. The first kappa shape index (κ1) is 19.6. The molecule has 0 unspecified atom stereocenters. The largest absolute Gasteiger partial charge is 0.395 e. The van der Waals surface area contributed by atoms with E-state index >= 15 is 0 Å². The molecule has 1 fully saturated rings. The second kappa shape index (κ2) is 7.96. The number of aliphatic hydroxyl groups excluding tert-OH is 1. The van der Waals surface area contributed by atoms with Crippen LogP contribution >= 0.6 is 11.6 Å². The summed E-state index contributed by atoms with van der Waals surface area (Å²) in [5.41, 5.74) is 0.935. The fourth-order valence-corrected chi connectivity index (χ4v) is 3.82. The van der Waals surface area contributed by atoms with Crippen molar-refractivity contribution in [2.45, 2.75) is 25.9 Å². The molecule has 0 spiro atoms. The minimum atomic E-state index is -0.597. The van der Waals surface area contributed by atoms with Crippen LogP contribution in [-0.4, -0.2) is 49.7 Å². The fraction of sp³-hybridized carbons (Fsp3) is 0.350. The van der Waals surface area contributed by atoms with Crippen LogP contribution in [0.2, 0.25) is 5.02 Å². The average Bonchev–Trinajstić information content (AvgIpc) is 3.35. The number of benzene rings is 1. The molecule has 7 nitrogen and oxygen atoms in total. The Bertz CT molecular complexity index is 1130. The molecule has 0 aliphatic carbocycles. The van der Waals surface area contributed by atoms with Crippen LogP contribution in [0, 0.1) is 5.82 Å². The summed E-state index contributed by atoms with van der Waals surface area (Å²) in [4.78, 5) is 31.8. The number of aromatic nitrogens is 3. The lowest BCUT2D eigenvalue weighted by Crippen LogP contribution is -2.34. The zero-order valence-corrected chi connectivity index (χ0v) is 16.4. The molecule has 3 heterocycles. The van der Waals surface area contributed by atoms with Gasteiger partial charge < -0.3 is 14.6 Å². The average molecular weight is 419 g/mol. The van der Waals surface area contributed by atoms with Gasteiger partial charge in [-0.25, -0.2) is 9.37 Å². The highest BCUT2D eigenvalue weighted by molar-refractivity contribution is 6.30. The van der Waals surface area contributed by atoms with Crippen molar-refractivity contribution in [3.05, 3.63) is 51.9 Å². The molecule has 1 aromatic carbocycles. The van der Waals surface area contributed by atoms with Gasteiger partial charge in [0.1, 0.15) is 24.3 Å². The van der Waals surface area contributed by atoms with Crippen LogP contribution in [0.3, 0.4) is 0 Å². The third kappa shape index (κ3) is 3.65. The third-order valence-electron chi connectivity index (χ3n) is 5.18. The molecule has 3 aromatic rings. The van der Waals surface area contributed by atoms with E-state index in [1.807, 2.05) is 0 Å². The van der Waals surface area contributed by atoms with Gasteiger partial charge in [0.05, 0.1) is 17.0 Å². The number of carbonyl (C=O) groups is 1. The van der Waals surface area contributed by atoms with Gasteiger partial charge in [-0.3, -0.25) is 14.2 Å². The van der Waals surface area contributed by atoms with E-state index in [-0.39, 0.29) is 41.6 Å². The fourth-order valence-electron chi connectivity index (χ4n) is 3.70. The highest BCUT2D eigenvalue weighted by Crippen LogP contribution is 2.30. The summed E-state index contributed by atoms with van der Waals surface area (Å²) in [6.45, 7) is 1.39. The number of nitrogens with zero attached hydrogens (tertiary/aromatic N) is 4. The summed E-state index contributed by atoms with van der Waals surface area (Å²) < 4.78 is 16.9. The summed E-state index contributed by atoms with van der Waals surface area (Å²) in [5, 5.41) is 9.60. The van der Waals surface area contributed by atoms with Crippen molar-refractivity contribution >= 4 is 28.5 Å². The lowest BCUT2D eigenvalue weighted by atomic mass is 10.1. The maximum atomic E-state index is 14.0. The lowest BCUT2D eigenvalue weighted by Gasteiger charge is -2.15. The van der Waals surface area contributed by atoms with E-state index in [0.29, 0.717) is 29.9 Å². The van der Waals surface area contributed by atoms with E-state index in [4.69, 9.17) is 11.6 Å². The van der Waals surface area contributed by atoms with Crippen LogP contribution in [0.5, 0.6) is 0 Å². The molecule has 1 aliphatic heterocycles. The minimum Gasteiger partial charge on any atom is -0.395 e. The predicted octanol–water partition coefficient (Wildman–Crippen LogP) is 2.27. The first-order valence-corrected chi connectivity index (χ1v) is 9.79. The van der Waals surface area contributed by atoms with Gasteiger partial charge in [-0.05, 0) is 30.5 Å². The van der Waals surface area contributed by atoms with E-state index < -0.39 is 5.82 Å². The van der Waals surface area contributed by atoms with Gasteiger partial charge in [-0.1, -0.05) is 17.7 Å². The number of likely N-dealkylation sites (tertiary alicyclic amines) is 1. The molecular formula is C20H20ClFN4O3. The van der Waals surface area contributed by atoms with Gasteiger partial charge in [0.2, 0.25) is 5.91 Å². The maximum Gasteiger partial charge on any atom is 0.263 e. The molecule has 1 amide bonds. The molecule has 1 saturated heterocycles. The first-order valence-electron chi connectivity index (χ1n) is 9.42. The van der Waals surface area contributed by atoms with E-state index in [2.05, 4.69) is 4.98 Å². The quantitative estimate of drug-likeness (QED) is 0.689. The molecule has 0 radical (unpaired) electrons. The van der Waals surface area contributed by atoms with Gasteiger partial charge in [0.25, 0.3) is 5.56 Å². The number of aliphatic hydroxyl groups is 1. The second-order valence-corrected chi connectivity index (χ2v) is 7.46. The predicted molar refractivity (Wildman–Crippen MR) is 107 cm³/mol. The Hall–Kier alpha value is -2.71. The molecule has 4 rings (SSSR count). The van der Waals surface area contributed by atoms with Crippen molar-refractivity contribution in [1.82, 2.24) is 19.0 Å².